The van der Waals surface area contributed by atoms with Gasteiger partial charge in [0, 0.05) is 13.1 Å². The van der Waals surface area contributed by atoms with Crippen LogP contribution in [-0.2, 0) is 23.7 Å². The Morgan fingerprint density at radius 3 is 1.50 bits per heavy atom. The summed E-state index contributed by atoms with van der Waals surface area (Å²) in [7, 11) is 1.91. The van der Waals surface area contributed by atoms with Gasteiger partial charge in [0.25, 0.3) is 0 Å². The minimum atomic E-state index is 0.583. The van der Waals surface area contributed by atoms with E-state index in [1.807, 2.05) is 7.05 Å². The van der Waals surface area contributed by atoms with Gasteiger partial charge in [0.2, 0.25) is 0 Å². The van der Waals surface area contributed by atoms with Crippen molar-refractivity contribution < 1.29 is 23.7 Å². The van der Waals surface area contributed by atoms with Crippen molar-refractivity contribution in [3.8, 4) is 0 Å². The molecule has 0 aliphatic carbocycles. The quantitative estimate of drug-likeness (QED) is 0.172. The molecule has 0 bridgehead atoms. The Labute approximate surface area is 198 Å². The van der Waals surface area contributed by atoms with Crippen LogP contribution < -0.4 is 10.6 Å². The number of ether oxygens (including phenoxy) is 5. The maximum absolute atomic E-state index is 5.65. The zero-order valence-corrected chi connectivity index (χ0v) is 21.5. The van der Waals surface area contributed by atoms with Gasteiger partial charge >= 0.3 is 0 Å². The first kappa shape index (κ1) is 31.7. The molecule has 7 nitrogen and oxygen atoms in total. The van der Waals surface area contributed by atoms with Crippen LogP contribution in [-0.4, -0.2) is 92.8 Å². The van der Waals surface area contributed by atoms with Gasteiger partial charge in [0.05, 0.1) is 66.1 Å². The molecule has 194 valence electrons. The van der Waals surface area contributed by atoms with Gasteiger partial charge in [-0.2, -0.15) is 0 Å². The van der Waals surface area contributed by atoms with Crippen molar-refractivity contribution in [1.29, 1.82) is 0 Å². The molecule has 0 amide bonds. The van der Waals surface area contributed by atoms with Gasteiger partial charge in [-0.15, -0.1) is 0 Å². The van der Waals surface area contributed by atoms with Crippen LogP contribution in [0.25, 0.3) is 0 Å². The van der Waals surface area contributed by atoms with Crippen LogP contribution in [0.3, 0.4) is 0 Å². The zero-order valence-electron chi connectivity index (χ0n) is 21.5. The molecule has 0 aliphatic heterocycles. The number of nitrogens with one attached hydrogen (secondary N) is 2. The SMILES string of the molecule is CCCCCCC(CCCC)CNCCOCCOCCOCCOCCOCCNC. The van der Waals surface area contributed by atoms with E-state index in [2.05, 4.69) is 24.5 Å². The van der Waals surface area contributed by atoms with E-state index in [1.54, 1.807) is 0 Å². The third-order valence-corrected chi connectivity index (χ3v) is 5.27. The maximum atomic E-state index is 5.65. The summed E-state index contributed by atoms with van der Waals surface area (Å²) < 4.78 is 27.5. The van der Waals surface area contributed by atoms with Crippen molar-refractivity contribution in [2.45, 2.75) is 65.2 Å². The monoisotopic (exact) mass is 462 g/mol. The van der Waals surface area contributed by atoms with Gasteiger partial charge in [0.15, 0.2) is 0 Å². The molecule has 0 aliphatic rings. The lowest BCUT2D eigenvalue weighted by atomic mass is 9.95. The van der Waals surface area contributed by atoms with E-state index < -0.39 is 0 Å². The lowest BCUT2D eigenvalue weighted by Crippen LogP contribution is -2.27. The molecular formula is C25H54N2O5. The molecule has 2 N–H and O–H groups in total. The van der Waals surface area contributed by atoms with Gasteiger partial charge in [-0.1, -0.05) is 52.4 Å². The second kappa shape index (κ2) is 28.8. The molecule has 0 aromatic carbocycles. The average Bonchev–Trinajstić information content (AvgIpc) is 2.81. The van der Waals surface area contributed by atoms with Crippen LogP contribution >= 0.6 is 0 Å². The van der Waals surface area contributed by atoms with Gasteiger partial charge in [-0.25, -0.2) is 0 Å². The third kappa shape index (κ3) is 26.0. The fraction of sp³-hybridized carbons (Fsp3) is 1.00. The molecule has 0 aromatic heterocycles. The van der Waals surface area contributed by atoms with Gasteiger partial charge in [0.1, 0.15) is 0 Å². The molecule has 0 aromatic rings. The molecular weight excluding hydrogens is 408 g/mol. The van der Waals surface area contributed by atoms with E-state index in [1.165, 1.54) is 51.4 Å². The van der Waals surface area contributed by atoms with Crippen molar-refractivity contribution >= 4 is 0 Å². The summed E-state index contributed by atoms with van der Waals surface area (Å²) in [5.74, 6) is 0.817. The van der Waals surface area contributed by atoms with Crippen molar-refractivity contribution in [2.24, 2.45) is 5.92 Å². The predicted octanol–water partition coefficient (Wildman–Crippen LogP) is 3.66. The topological polar surface area (TPSA) is 70.2 Å². The summed E-state index contributed by atoms with van der Waals surface area (Å²) in [5.41, 5.74) is 0. The normalized spacial score (nSPS) is 12.5. The Kier molecular flexibility index (Phi) is 28.5. The zero-order chi connectivity index (χ0) is 23.4. The Morgan fingerprint density at radius 1 is 0.531 bits per heavy atom. The summed E-state index contributed by atoms with van der Waals surface area (Å²) in [6.07, 6.45) is 10.8. The molecule has 0 fully saturated rings. The second-order valence-corrected chi connectivity index (χ2v) is 8.23. The predicted molar refractivity (Wildman–Crippen MR) is 133 cm³/mol. The highest BCUT2D eigenvalue weighted by Gasteiger charge is 2.07. The third-order valence-electron chi connectivity index (χ3n) is 5.27. The summed E-state index contributed by atoms with van der Waals surface area (Å²) >= 11 is 0. The van der Waals surface area contributed by atoms with Crippen molar-refractivity contribution in [1.82, 2.24) is 10.6 Å². The molecule has 7 heteroatoms. The molecule has 1 unspecified atom stereocenters. The molecule has 0 radical (unpaired) electrons. The van der Waals surface area contributed by atoms with Gasteiger partial charge < -0.3 is 34.3 Å². The van der Waals surface area contributed by atoms with Crippen LogP contribution in [0.5, 0.6) is 0 Å². The molecule has 0 spiro atoms. The van der Waals surface area contributed by atoms with Crippen molar-refractivity contribution in [3.63, 3.8) is 0 Å². The molecule has 0 saturated heterocycles. The van der Waals surface area contributed by atoms with E-state index in [0.717, 1.165) is 32.2 Å². The Morgan fingerprint density at radius 2 is 1.00 bits per heavy atom. The first-order valence-corrected chi connectivity index (χ1v) is 13.1. The fourth-order valence-electron chi connectivity index (χ4n) is 3.31. The lowest BCUT2D eigenvalue weighted by Gasteiger charge is -2.17. The van der Waals surface area contributed by atoms with Crippen molar-refractivity contribution in [2.75, 3.05) is 92.8 Å². The van der Waals surface area contributed by atoms with Crippen LogP contribution in [0.2, 0.25) is 0 Å². The Hall–Kier alpha value is -0.280. The Bertz CT molecular complexity index is 337. The molecule has 0 saturated carbocycles. The highest BCUT2D eigenvalue weighted by atomic mass is 16.6. The molecule has 0 heterocycles. The first-order valence-electron chi connectivity index (χ1n) is 13.1. The van der Waals surface area contributed by atoms with Gasteiger partial charge in [-0.05, 0) is 32.4 Å². The number of hydrogen-bond acceptors (Lipinski definition) is 7. The number of hydrogen-bond donors (Lipinski definition) is 2. The summed E-state index contributed by atoms with van der Waals surface area (Å²) in [4.78, 5) is 0. The summed E-state index contributed by atoms with van der Waals surface area (Å²) in [6.45, 7) is 13.7. The van der Waals surface area contributed by atoms with E-state index in [-0.39, 0.29) is 0 Å². The van der Waals surface area contributed by atoms with E-state index in [4.69, 9.17) is 23.7 Å². The number of rotatable bonds is 28. The number of likely N-dealkylation sites (N-methyl/N-ethyl adjacent to an activating group) is 1. The fourth-order valence-corrected chi connectivity index (χ4v) is 3.31. The summed E-state index contributed by atoms with van der Waals surface area (Å²) in [5, 5.41) is 6.61. The van der Waals surface area contributed by atoms with Crippen LogP contribution in [0.4, 0.5) is 0 Å². The highest BCUT2D eigenvalue weighted by molar-refractivity contribution is 4.63. The van der Waals surface area contributed by atoms with E-state index in [9.17, 15) is 0 Å². The van der Waals surface area contributed by atoms with Gasteiger partial charge in [-0.3, -0.25) is 0 Å². The lowest BCUT2D eigenvalue weighted by molar-refractivity contribution is -0.0105. The number of unbranched alkanes of at least 4 members (excludes halogenated alkanes) is 4. The maximum Gasteiger partial charge on any atom is 0.0701 e. The molecule has 32 heavy (non-hydrogen) atoms. The average molecular weight is 463 g/mol. The smallest absolute Gasteiger partial charge is 0.0701 e. The largest absolute Gasteiger partial charge is 0.378 e. The molecule has 0 rings (SSSR count). The molecule has 1 atom stereocenters. The van der Waals surface area contributed by atoms with Crippen LogP contribution in [0.1, 0.15) is 65.2 Å². The van der Waals surface area contributed by atoms with Crippen LogP contribution in [0, 0.1) is 5.92 Å². The van der Waals surface area contributed by atoms with E-state index >= 15 is 0 Å². The minimum absolute atomic E-state index is 0.583. The first-order chi connectivity index (χ1) is 15.8. The Balaban J connectivity index is 3.29. The second-order valence-electron chi connectivity index (χ2n) is 8.23. The highest BCUT2D eigenvalue weighted by Crippen LogP contribution is 2.16. The summed E-state index contributed by atoms with van der Waals surface area (Å²) in [6, 6.07) is 0. The minimum Gasteiger partial charge on any atom is -0.378 e. The van der Waals surface area contributed by atoms with Crippen LogP contribution in [0.15, 0.2) is 0 Å². The van der Waals surface area contributed by atoms with E-state index in [0.29, 0.717) is 59.5 Å². The van der Waals surface area contributed by atoms with Crippen molar-refractivity contribution in [3.05, 3.63) is 0 Å². The standard InChI is InChI=1S/C25H54N2O5/c1-4-6-8-9-11-25(10-7-5-2)24-27-13-15-29-17-19-31-21-23-32-22-20-30-18-16-28-14-12-26-3/h25-27H,4-24H2,1-3H3.